The van der Waals surface area contributed by atoms with Crippen LogP contribution < -0.4 is 5.56 Å². The number of nitrogens with zero attached hydrogens (tertiary/aromatic N) is 4. The van der Waals surface area contributed by atoms with E-state index in [1.54, 1.807) is 16.8 Å². The van der Waals surface area contributed by atoms with Crippen LogP contribution in [0.25, 0.3) is 11.0 Å². The first-order valence-electron chi connectivity index (χ1n) is 7.42. The second-order valence-corrected chi connectivity index (χ2v) is 7.16. The van der Waals surface area contributed by atoms with Gasteiger partial charge in [0.15, 0.2) is 5.16 Å². The maximum absolute atomic E-state index is 12.8. The number of aromatic nitrogens is 3. The molecule has 2 aromatic heterocycles. The Morgan fingerprint density at radius 3 is 2.73 bits per heavy atom. The Balaban J connectivity index is 2.09. The first-order valence-corrected chi connectivity index (χ1v) is 8.64. The number of nitriles is 1. The van der Waals surface area contributed by atoms with Gasteiger partial charge < -0.3 is 0 Å². The maximum atomic E-state index is 12.8. The molecule has 22 heavy (non-hydrogen) atoms. The van der Waals surface area contributed by atoms with E-state index in [4.69, 9.17) is 0 Å². The molecule has 3 saturated carbocycles. The molecule has 0 saturated heterocycles. The molecule has 0 N–H and O–H groups in total. The first kappa shape index (κ1) is 13.8. The minimum Gasteiger partial charge on any atom is -0.285 e. The van der Waals surface area contributed by atoms with Crippen LogP contribution in [0.1, 0.15) is 25.8 Å². The van der Waals surface area contributed by atoms with E-state index in [0.29, 0.717) is 28.6 Å². The van der Waals surface area contributed by atoms with Gasteiger partial charge in [0.25, 0.3) is 5.56 Å². The van der Waals surface area contributed by atoms with E-state index in [2.05, 4.69) is 23.8 Å². The van der Waals surface area contributed by atoms with E-state index < -0.39 is 0 Å². The summed E-state index contributed by atoms with van der Waals surface area (Å²) in [5, 5.41) is 10.7. The minimum atomic E-state index is -0.211. The summed E-state index contributed by atoms with van der Waals surface area (Å²) in [5.74, 6) is 1.62. The van der Waals surface area contributed by atoms with Crippen LogP contribution in [0.2, 0.25) is 0 Å². The summed E-state index contributed by atoms with van der Waals surface area (Å²) in [7, 11) is 0. The zero-order valence-corrected chi connectivity index (χ0v) is 13.5. The average molecular weight is 312 g/mol. The molecule has 3 aliphatic rings. The molecule has 3 fully saturated rings. The van der Waals surface area contributed by atoms with E-state index >= 15 is 0 Å². The average Bonchev–Trinajstić information content (AvgIpc) is 2.54. The van der Waals surface area contributed by atoms with Crippen molar-refractivity contribution in [2.45, 2.75) is 31.0 Å². The summed E-state index contributed by atoms with van der Waals surface area (Å²) in [6, 6.07) is 3.64. The molecule has 0 unspecified atom stereocenters. The van der Waals surface area contributed by atoms with Gasteiger partial charge in [-0.3, -0.25) is 9.36 Å². The van der Waals surface area contributed by atoms with Crippen LogP contribution >= 0.6 is 11.8 Å². The van der Waals surface area contributed by atoms with Crippen LogP contribution in [0, 0.1) is 29.1 Å². The summed E-state index contributed by atoms with van der Waals surface area (Å²) in [4.78, 5) is 21.7. The molecule has 2 heterocycles. The van der Waals surface area contributed by atoms with Gasteiger partial charge >= 0.3 is 0 Å². The third-order valence-electron chi connectivity index (χ3n) is 5.86. The van der Waals surface area contributed by atoms with E-state index in [9.17, 15) is 10.1 Å². The molecule has 6 heteroatoms. The predicted molar refractivity (Wildman–Crippen MR) is 84.7 cm³/mol. The standard InChI is InChI=1S/C16H16N4OS/c1-8-12-5-16(8,9(12)2)20-13-11(4-10(6-17)14(20)21)7-18-15(19-13)22-3/h4,7-9,12H,5H2,1-3H3/t8-,9-,12?,16?/m1/s1. The Labute approximate surface area is 132 Å². The first-order chi connectivity index (χ1) is 10.5. The highest BCUT2D eigenvalue weighted by Gasteiger charge is 2.70. The van der Waals surface area contributed by atoms with Gasteiger partial charge in [0.2, 0.25) is 0 Å². The third kappa shape index (κ3) is 1.38. The Hall–Kier alpha value is -1.87. The Bertz CT molecular complexity index is 887. The van der Waals surface area contributed by atoms with Crippen molar-refractivity contribution in [2.24, 2.45) is 17.8 Å². The van der Waals surface area contributed by atoms with Crippen molar-refractivity contribution in [3.8, 4) is 6.07 Å². The largest absolute Gasteiger partial charge is 0.285 e. The second kappa shape index (κ2) is 4.32. The highest BCUT2D eigenvalue weighted by molar-refractivity contribution is 7.98. The van der Waals surface area contributed by atoms with Crippen LogP contribution in [0.5, 0.6) is 0 Å². The monoisotopic (exact) mass is 312 g/mol. The van der Waals surface area contributed by atoms with Crippen LogP contribution in [0.3, 0.4) is 0 Å². The van der Waals surface area contributed by atoms with Crippen molar-refractivity contribution in [3.05, 3.63) is 28.2 Å². The zero-order valence-electron chi connectivity index (χ0n) is 12.7. The molecule has 3 aliphatic carbocycles. The molecule has 0 aliphatic heterocycles. The van der Waals surface area contributed by atoms with Gasteiger partial charge in [-0.2, -0.15) is 5.26 Å². The molecular weight excluding hydrogens is 296 g/mol. The lowest BCUT2D eigenvalue weighted by Gasteiger charge is -2.73. The van der Waals surface area contributed by atoms with Gasteiger partial charge in [0.1, 0.15) is 17.3 Å². The van der Waals surface area contributed by atoms with Crippen LogP contribution in [-0.4, -0.2) is 20.8 Å². The number of pyridine rings is 1. The number of rotatable bonds is 2. The lowest BCUT2D eigenvalue weighted by Crippen LogP contribution is -2.75. The quantitative estimate of drug-likeness (QED) is 0.629. The fourth-order valence-corrected chi connectivity index (χ4v) is 4.73. The summed E-state index contributed by atoms with van der Waals surface area (Å²) in [6.45, 7) is 4.39. The smallest absolute Gasteiger partial charge is 0.270 e. The van der Waals surface area contributed by atoms with Gasteiger partial charge in [0, 0.05) is 11.6 Å². The van der Waals surface area contributed by atoms with Gasteiger partial charge in [-0.1, -0.05) is 25.6 Å². The molecule has 0 amide bonds. The lowest BCUT2D eigenvalue weighted by molar-refractivity contribution is -0.226. The zero-order chi connectivity index (χ0) is 15.6. The number of thioether (sulfide) groups is 1. The molecule has 5 nitrogen and oxygen atoms in total. The van der Waals surface area contributed by atoms with E-state index in [1.807, 2.05) is 12.3 Å². The molecule has 0 aromatic carbocycles. The summed E-state index contributed by atoms with van der Waals surface area (Å²) < 4.78 is 1.80. The van der Waals surface area contributed by atoms with Crippen LogP contribution in [0.4, 0.5) is 0 Å². The SMILES string of the molecule is CSc1ncc2cc(C#N)c(=O)n(C34CC([C@H]3C)[C@H]4C)c2n1. The van der Waals surface area contributed by atoms with Crippen molar-refractivity contribution >= 4 is 22.8 Å². The van der Waals surface area contributed by atoms with Gasteiger partial charge in [-0.15, -0.1) is 0 Å². The lowest BCUT2D eigenvalue weighted by atomic mass is 9.36. The van der Waals surface area contributed by atoms with Crippen molar-refractivity contribution < 1.29 is 0 Å². The third-order valence-corrected chi connectivity index (χ3v) is 6.42. The van der Waals surface area contributed by atoms with Gasteiger partial charge in [-0.25, -0.2) is 9.97 Å². The topological polar surface area (TPSA) is 71.6 Å². The molecule has 2 bridgehead atoms. The second-order valence-electron chi connectivity index (χ2n) is 6.38. The highest BCUT2D eigenvalue weighted by atomic mass is 32.2. The fourth-order valence-electron chi connectivity index (χ4n) is 4.40. The van der Waals surface area contributed by atoms with E-state index in [0.717, 1.165) is 11.8 Å². The molecule has 2 aromatic rings. The fraction of sp³-hybridized carbons (Fsp3) is 0.500. The van der Waals surface area contributed by atoms with Gasteiger partial charge in [0.05, 0.1) is 5.54 Å². The van der Waals surface area contributed by atoms with Crippen molar-refractivity contribution in [2.75, 3.05) is 6.26 Å². The summed E-state index contributed by atoms with van der Waals surface area (Å²) >= 11 is 1.46. The Kier molecular flexibility index (Phi) is 2.71. The van der Waals surface area contributed by atoms with Gasteiger partial charge in [-0.05, 0) is 36.5 Å². The minimum absolute atomic E-state index is 0.170. The number of hydrogen-bond acceptors (Lipinski definition) is 5. The maximum Gasteiger partial charge on any atom is 0.270 e. The molecule has 2 atom stereocenters. The summed E-state index contributed by atoms with van der Waals surface area (Å²) in [6.07, 6.45) is 4.64. The summed E-state index contributed by atoms with van der Waals surface area (Å²) in [5.41, 5.74) is 0.464. The number of hydrogen-bond donors (Lipinski definition) is 0. The van der Waals surface area contributed by atoms with Crippen molar-refractivity contribution in [3.63, 3.8) is 0 Å². The molecule has 0 spiro atoms. The van der Waals surface area contributed by atoms with E-state index in [1.165, 1.54) is 11.8 Å². The highest BCUT2D eigenvalue weighted by Crippen LogP contribution is 2.70. The number of fused-ring (bicyclic) bond motifs is 1. The molecule has 5 rings (SSSR count). The van der Waals surface area contributed by atoms with Crippen LogP contribution in [0.15, 0.2) is 22.2 Å². The molecular formula is C16H16N4OS. The normalized spacial score (nSPS) is 32.2. The van der Waals surface area contributed by atoms with Crippen molar-refractivity contribution in [1.29, 1.82) is 5.26 Å². The Morgan fingerprint density at radius 1 is 1.45 bits per heavy atom. The van der Waals surface area contributed by atoms with E-state index in [-0.39, 0.29) is 16.7 Å². The Morgan fingerprint density at radius 2 is 2.18 bits per heavy atom. The molecule has 0 radical (unpaired) electrons. The predicted octanol–water partition coefficient (Wildman–Crippen LogP) is 2.39. The molecule has 112 valence electrons. The van der Waals surface area contributed by atoms with Crippen LogP contribution in [-0.2, 0) is 5.54 Å². The van der Waals surface area contributed by atoms with Crippen molar-refractivity contribution in [1.82, 2.24) is 14.5 Å².